The molecule has 1 aromatic rings. The standard InChI is InChI=1S/C13H19N5O2/c1-2-4-14-13-15-5-3-11(16-13)12(20)18-8-6-17(10-19)7-9-18/h3,5,10H,2,4,6-9H2,1H3,(H,14,15,16). The molecule has 1 fully saturated rings. The number of hydrogen-bond acceptors (Lipinski definition) is 5. The molecule has 1 aliphatic heterocycles. The van der Waals surface area contributed by atoms with E-state index in [0.29, 0.717) is 37.8 Å². The molecule has 1 aliphatic rings. The van der Waals surface area contributed by atoms with Gasteiger partial charge in [-0.3, -0.25) is 9.59 Å². The summed E-state index contributed by atoms with van der Waals surface area (Å²) in [4.78, 5) is 34.7. The summed E-state index contributed by atoms with van der Waals surface area (Å²) >= 11 is 0. The Kier molecular flexibility index (Phi) is 4.86. The predicted molar refractivity (Wildman–Crippen MR) is 74.4 cm³/mol. The van der Waals surface area contributed by atoms with E-state index in [0.717, 1.165) is 19.4 Å². The fourth-order valence-electron chi connectivity index (χ4n) is 1.99. The second-order valence-corrected chi connectivity index (χ2v) is 4.63. The van der Waals surface area contributed by atoms with Gasteiger partial charge in [-0.2, -0.15) is 0 Å². The topological polar surface area (TPSA) is 78.4 Å². The average Bonchev–Trinajstić information content (AvgIpc) is 2.52. The van der Waals surface area contributed by atoms with Crippen LogP contribution in [-0.2, 0) is 4.79 Å². The van der Waals surface area contributed by atoms with Gasteiger partial charge >= 0.3 is 0 Å². The molecule has 1 N–H and O–H groups in total. The van der Waals surface area contributed by atoms with E-state index in [9.17, 15) is 9.59 Å². The van der Waals surface area contributed by atoms with E-state index in [1.807, 2.05) is 0 Å². The number of piperazine rings is 1. The molecule has 1 saturated heterocycles. The minimum absolute atomic E-state index is 0.113. The summed E-state index contributed by atoms with van der Waals surface area (Å²) in [5, 5.41) is 3.06. The Morgan fingerprint density at radius 1 is 1.40 bits per heavy atom. The Hall–Kier alpha value is -2.18. The first-order valence-electron chi connectivity index (χ1n) is 6.80. The molecule has 20 heavy (non-hydrogen) atoms. The van der Waals surface area contributed by atoms with Gasteiger partial charge in [-0.1, -0.05) is 6.92 Å². The molecule has 2 heterocycles. The van der Waals surface area contributed by atoms with Crippen LogP contribution in [0.3, 0.4) is 0 Å². The molecule has 0 unspecified atom stereocenters. The maximum absolute atomic E-state index is 12.3. The van der Waals surface area contributed by atoms with Crippen LogP contribution in [0, 0.1) is 0 Å². The van der Waals surface area contributed by atoms with Gasteiger partial charge in [-0.25, -0.2) is 9.97 Å². The van der Waals surface area contributed by atoms with Crippen LogP contribution in [0.2, 0.25) is 0 Å². The summed E-state index contributed by atoms with van der Waals surface area (Å²) in [7, 11) is 0. The van der Waals surface area contributed by atoms with E-state index in [2.05, 4.69) is 22.2 Å². The summed E-state index contributed by atoms with van der Waals surface area (Å²) in [5.74, 6) is 0.363. The molecule has 0 bridgehead atoms. The highest BCUT2D eigenvalue weighted by molar-refractivity contribution is 5.92. The Labute approximate surface area is 118 Å². The van der Waals surface area contributed by atoms with Gasteiger partial charge < -0.3 is 15.1 Å². The molecule has 0 aromatic carbocycles. The summed E-state index contributed by atoms with van der Waals surface area (Å²) in [6, 6.07) is 1.62. The van der Waals surface area contributed by atoms with Crippen molar-refractivity contribution >= 4 is 18.3 Å². The molecule has 7 nitrogen and oxygen atoms in total. The van der Waals surface area contributed by atoms with Gasteiger partial charge in [0.1, 0.15) is 5.69 Å². The van der Waals surface area contributed by atoms with Crippen molar-refractivity contribution in [1.29, 1.82) is 0 Å². The van der Waals surface area contributed by atoms with Crippen molar-refractivity contribution in [2.24, 2.45) is 0 Å². The zero-order chi connectivity index (χ0) is 14.4. The lowest BCUT2D eigenvalue weighted by atomic mass is 10.3. The van der Waals surface area contributed by atoms with Crippen molar-refractivity contribution in [2.45, 2.75) is 13.3 Å². The SMILES string of the molecule is CCCNc1nccc(C(=O)N2CCN(C=O)CC2)n1. The van der Waals surface area contributed by atoms with Crippen molar-refractivity contribution in [3.63, 3.8) is 0 Å². The number of anilines is 1. The number of carbonyl (C=O) groups is 2. The van der Waals surface area contributed by atoms with Crippen molar-refractivity contribution in [2.75, 3.05) is 38.0 Å². The molecular weight excluding hydrogens is 258 g/mol. The highest BCUT2D eigenvalue weighted by Crippen LogP contribution is 2.07. The highest BCUT2D eigenvalue weighted by Gasteiger charge is 2.22. The molecule has 0 spiro atoms. The van der Waals surface area contributed by atoms with E-state index in [-0.39, 0.29) is 5.91 Å². The lowest BCUT2D eigenvalue weighted by Gasteiger charge is -2.32. The van der Waals surface area contributed by atoms with Gasteiger partial charge in [0.25, 0.3) is 5.91 Å². The number of aromatic nitrogens is 2. The first-order chi connectivity index (χ1) is 9.74. The lowest BCUT2D eigenvalue weighted by Crippen LogP contribution is -2.48. The Bertz CT molecular complexity index is 472. The van der Waals surface area contributed by atoms with Gasteiger partial charge in [-0.15, -0.1) is 0 Å². The van der Waals surface area contributed by atoms with Crippen molar-refractivity contribution in [3.8, 4) is 0 Å². The van der Waals surface area contributed by atoms with Crippen LogP contribution < -0.4 is 5.32 Å². The normalized spacial score (nSPS) is 15.1. The van der Waals surface area contributed by atoms with Gasteiger partial charge in [0.15, 0.2) is 0 Å². The van der Waals surface area contributed by atoms with Gasteiger partial charge in [0.2, 0.25) is 12.4 Å². The summed E-state index contributed by atoms with van der Waals surface area (Å²) in [6.45, 7) is 5.05. The summed E-state index contributed by atoms with van der Waals surface area (Å²) in [6.07, 6.45) is 3.37. The first-order valence-corrected chi connectivity index (χ1v) is 6.80. The third-order valence-corrected chi connectivity index (χ3v) is 3.16. The molecular formula is C13H19N5O2. The van der Waals surface area contributed by atoms with E-state index in [1.165, 1.54) is 0 Å². The van der Waals surface area contributed by atoms with Crippen molar-refractivity contribution in [1.82, 2.24) is 19.8 Å². The van der Waals surface area contributed by atoms with Crippen LogP contribution in [0.4, 0.5) is 5.95 Å². The Morgan fingerprint density at radius 2 is 2.15 bits per heavy atom. The van der Waals surface area contributed by atoms with Gasteiger partial charge in [-0.05, 0) is 12.5 Å². The molecule has 7 heteroatoms. The van der Waals surface area contributed by atoms with Crippen LogP contribution in [0.1, 0.15) is 23.8 Å². The molecule has 108 valence electrons. The maximum atomic E-state index is 12.3. The molecule has 1 aromatic heterocycles. The van der Waals surface area contributed by atoms with Crippen LogP contribution in [-0.4, -0.2) is 64.8 Å². The minimum Gasteiger partial charge on any atom is -0.354 e. The Balaban J connectivity index is 2.00. The van der Waals surface area contributed by atoms with Gasteiger partial charge in [0.05, 0.1) is 0 Å². The van der Waals surface area contributed by atoms with E-state index < -0.39 is 0 Å². The van der Waals surface area contributed by atoms with Crippen molar-refractivity contribution in [3.05, 3.63) is 18.0 Å². The smallest absolute Gasteiger partial charge is 0.272 e. The largest absolute Gasteiger partial charge is 0.354 e. The number of rotatable bonds is 5. The fraction of sp³-hybridized carbons (Fsp3) is 0.538. The molecule has 0 atom stereocenters. The van der Waals surface area contributed by atoms with Crippen LogP contribution in [0.15, 0.2) is 12.3 Å². The van der Waals surface area contributed by atoms with Crippen LogP contribution >= 0.6 is 0 Å². The zero-order valence-electron chi connectivity index (χ0n) is 11.6. The molecule has 0 radical (unpaired) electrons. The summed E-state index contributed by atoms with van der Waals surface area (Å²) < 4.78 is 0. The monoisotopic (exact) mass is 277 g/mol. The second-order valence-electron chi connectivity index (χ2n) is 4.63. The molecule has 2 amide bonds. The number of nitrogens with zero attached hydrogens (tertiary/aromatic N) is 4. The number of hydrogen-bond donors (Lipinski definition) is 1. The predicted octanol–water partition coefficient (Wildman–Crippen LogP) is 0.213. The summed E-state index contributed by atoms with van der Waals surface area (Å²) in [5.41, 5.74) is 0.387. The first kappa shape index (κ1) is 14.2. The second kappa shape index (κ2) is 6.83. The Morgan fingerprint density at radius 3 is 2.80 bits per heavy atom. The van der Waals surface area contributed by atoms with E-state index >= 15 is 0 Å². The van der Waals surface area contributed by atoms with Gasteiger partial charge in [0, 0.05) is 38.9 Å². The maximum Gasteiger partial charge on any atom is 0.272 e. The zero-order valence-corrected chi connectivity index (χ0v) is 11.6. The highest BCUT2D eigenvalue weighted by atomic mass is 16.2. The average molecular weight is 277 g/mol. The lowest BCUT2D eigenvalue weighted by molar-refractivity contribution is -0.119. The van der Waals surface area contributed by atoms with Crippen molar-refractivity contribution < 1.29 is 9.59 Å². The van der Waals surface area contributed by atoms with E-state index in [1.54, 1.807) is 22.1 Å². The fourth-order valence-corrected chi connectivity index (χ4v) is 1.99. The molecule has 2 rings (SSSR count). The van der Waals surface area contributed by atoms with Crippen LogP contribution in [0.25, 0.3) is 0 Å². The molecule has 0 aliphatic carbocycles. The van der Waals surface area contributed by atoms with E-state index in [4.69, 9.17) is 0 Å². The number of nitrogens with one attached hydrogen (secondary N) is 1. The number of amides is 2. The minimum atomic E-state index is -0.113. The third kappa shape index (κ3) is 3.43. The quantitative estimate of drug-likeness (QED) is 0.779. The van der Waals surface area contributed by atoms with Crippen LogP contribution in [0.5, 0.6) is 0 Å². The molecule has 0 saturated carbocycles. The third-order valence-electron chi connectivity index (χ3n) is 3.16. The number of carbonyl (C=O) groups excluding carboxylic acids is 2.